The molecule has 1 aromatic rings. The second kappa shape index (κ2) is 27.7. The first-order chi connectivity index (χ1) is 32.6. The molecular formula is C43H64N12O13S. The minimum absolute atomic E-state index is 0.0278. The highest BCUT2D eigenvalue weighted by molar-refractivity contribution is 7.98. The van der Waals surface area contributed by atoms with Crippen molar-refractivity contribution in [3.63, 3.8) is 0 Å². The van der Waals surface area contributed by atoms with E-state index in [9.17, 15) is 62.6 Å². The van der Waals surface area contributed by atoms with Crippen molar-refractivity contribution in [3.8, 4) is 5.75 Å². The van der Waals surface area contributed by atoms with Crippen LogP contribution in [0.4, 0.5) is 0 Å². The highest BCUT2D eigenvalue weighted by Crippen LogP contribution is 2.20. The van der Waals surface area contributed by atoms with Gasteiger partial charge in [0, 0.05) is 38.8 Å². The first kappa shape index (κ1) is 56.3. The number of carbonyl (C=O) groups is 12. The average molecular weight is 989 g/mol. The molecule has 380 valence electrons. The molecule has 2 aliphatic rings. The summed E-state index contributed by atoms with van der Waals surface area (Å²) in [5, 5.41) is 29.7. The molecule has 69 heavy (non-hydrogen) atoms. The number of rotatable bonds is 18. The predicted molar refractivity (Wildman–Crippen MR) is 247 cm³/mol. The third-order valence-corrected chi connectivity index (χ3v) is 12.0. The van der Waals surface area contributed by atoms with Gasteiger partial charge in [0.2, 0.25) is 70.9 Å². The van der Waals surface area contributed by atoms with Gasteiger partial charge in [-0.25, -0.2) is 0 Å². The largest absolute Gasteiger partial charge is 0.508 e. The molecule has 2 saturated heterocycles. The van der Waals surface area contributed by atoms with Crippen molar-refractivity contribution in [2.24, 2.45) is 23.1 Å². The normalized spacial score (nSPS) is 23.0. The van der Waals surface area contributed by atoms with Crippen molar-refractivity contribution >= 4 is 82.6 Å². The van der Waals surface area contributed by atoms with E-state index in [0.29, 0.717) is 17.7 Å². The van der Waals surface area contributed by atoms with E-state index in [1.807, 2.05) is 0 Å². The number of amides is 12. The quantitative estimate of drug-likeness (QED) is 0.0658. The highest BCUT2D eigenvalue weighted by atomic mass is 32.2. The van der Waals surface area contributed by atoms with Crippen LogP contribution in [-0.4, -0.2) is 155 Å². The van der Waals surface area contributed by atoms with Crippen LogP contribution < -0.4 is 59.7 Å². The molecule has 0 unspecified atom stereocenters. The Balaban J connectivity index is 2.05. The van der Waals surface area contributed by atoms with Crippen LogP contribution >= 0.6 is 11.8 Å². The number of nitrogens with one attached hydrogen (secondary N) is 8. The Kier molecular flexibility index (Phi) is 22.6. The molecule has 3 rings (SSSR count). The molecule has 2 heterocycles. The minimum atomic E-state index is -1.83. The summed E-state index contributed by atoms with van der Waals surface area (Å²) in [5.74, 6) is -10.9. The zero-order valence-corrected chi connectivity index (χ0v) is 39.6. The second-order valence-electron chi connectivity index (χ2n) is 16.7. The number of hydrogen-bond donors (Lipinski definition) is 12. The van der Waals surface area contributed by atoms with E-state index < -0.39 is 164 Å². The molecule has 12 amide bonds. The highest BCUT2D eigenvalue weighted by Gasteiger charge is 2.41. The van der Waals surface area contributed by atoms with Crippen molar-refractivity contribution in [3.05, 3.63) is 29.8 Å². The number of hydrogen-bond acceptors (Lipinski definition) is 14. The third kappa shape index (κ3) is 18.6. The fourth-order valence-electron chi connectivity index (χ4n) is 7.38. The molecule has 25 nitrogen and oxygen atoms in total. The van der Waals surface area contributed by atoms with Crippen LogP contribution in [0.2, 0.25) is 0 Å². The van der Waals surface area contributed by atoms with E-state index in [2.05, 4.69) is 42.5 Å². The predicted octanol–water partition coefficient (Wildman–Crippen LogP) is -4.71. The Bertz CT molecular complexity index is 2080. The smallest absolute Gasteiger partial charge is 0.247 e. The molecule has 0 spiro atoms. The summed E-state index contributed by atoms with van der Waals surface area (Å²) >= 11 is 1.38. The Morgan fingerprint density at radius 3 is 2.07 bits per heavy atom. The summed E-state index contributed by atoms with van der Waals surface area (Å²) in [5.41, 5.74) is 16.5. The van der Waals surface area contributed by atoms with Gasteiger partial charge in [0.15, 0.2) is 0 Å². The third-order valence-electron chi connectivity index (χ3n) is 11.4. The Hall–Kier alpha value is -6.99. The van der Waals surface area contributed by atoms with Gasteiger partial charge >= 0.3 is 0 Å². The van der Waals surface area contributed by atoms with Crippen LogP contribution in [0.3, 0.4) is 0 Å². The van der Waals surface area contributed by atoms with Gasteiger partial charge in [-0.3, -0.25) is 57.5 Å². The molecule has 2 aliphatic heterocycles. The summed E-state index contributed by atoms with van der Waals surface area (Å²) in [6, 6.07) is -4.42. The first-order valence-corrected chi connectivity index (χ1v) is 23.8. The molecule has 0 radical (unpaired) electrons. The second-order valence-corrected chi connectivity index (χ2v) is 17.7. The number of phenols is 1. The summed E-state index contributed by atoms with van der Waals surface area (Å²) in [4.78, 5) is 161. The van der Waals surface area contributed by atoms with E-state index in [-0.39, 0.29) is 38.0 Å². The lowest BCUT2D eigenvalue weighted by molar-refractivity contribution is -0.142. The molecule has 0 bridgehead atoms. The maximum Gasteiger partial charge on any atom is 0.247 e. The number of benzene rings is 1. The maximum atomic E-state index is 14.4. The van der Waals surface area contributed by atoms with E-state index in [0.717, 1.165) is 4.90 Å². The van der Waals surface area contributed by atoms with Gasteiger partial charge in [0.1, 0.15) is 48.0 Å². The number of nitrogens with two attached hydrogens (primary N) is 3. The van der Waals surface area contributed by atoms with Crippen LogP contribution in [0, 0.1) is 5.92 Å². The molecule has 26 heteroatoms. The standard InChI is InChI=1S/C43H64N12O13S/c1-4-22(2)36-42(67)51-25(11-12-31(44)57)38(63)52-28(19-32(45)58)39(64)53-29(20-47-34(60)13-14-35(61)49-27(40(65)54-36)18-23-7-9-24(56)10-8-23)43(68)55-16-5-6-30(55)41(66)50-26(15-17-69-3)37(62)48-21-33(46)59/h7-10,22,25-30,36,56H,4-6,11-21H2,1-3H3,(H2,44,57)(H2,45,58)(H2,46,59)(H,47,60)(H,48,62)(H,49,61)(H,50,66)(H,51,67)(H,52,63)(H,53,64)(H,54,65)/t22-,25-,26-,27-,28-,29-,30-,36-/m0/s1. The van der Waals surface area contributed by atoms with Gasteiger partial charge < -0.3 is 69.7 Å². The number of phenolic OH excluding ortho intramolecular Hbond substituents is 1. The van der Waals surface area contributed by atoms with Crippen LogP contribution in [0.15, 0.2) is 24.3 Å². The molecule has 0 saturated carbocycles. The molecule has 15 N–H and O–H groups in total. The van der Waals surface area contributed by atoms with E-state index >= 15 is 0 Å². The van der Waals surface area contributed by atoms with Crippen molar-refractivity contribution in [2.45, 2.75) is 120 Å². The monoisotopic (exact) mass is 988 g/mol. The number of thioether (sulfide) groups is 1. The number of primary amides is 3. The van der Waals surface area contributed by atoms with Crippen molar-refractivity contribution in [2.75, 3.05) is 31.6 Å². The SMILES string of the molecule is CC[C@H](C)[C@@H]1NC(=O)[C@H](Cc2ccc(O)cc2)NC(=O)CCC(=O)NC[C@@H](C(=O)N2CCC[C@H]2C(=O)N[C@@H](CCSC)C(=O)NCC(N)=O)NC(=O)[C@H](CC(N)=O)NC(=O)[C@H](CCC(N)=O)NC1=O. The number of likely N-dealkylation sites (tertiary alicyclic amines) is 1. The first-order valence-electron chi connectivity index (χ1n) is 22.4. The molecule has 1 aromatic carbocycles. The molecule has 0 aliphatic carbocycles. The van der Waals surface area contributed by atoms with Crippen LogP contribution in [0.5, 0.6) is 5.75 Å². The number of aromatic hydroxyl groups is 1. The number of carbonyl (C=O) groups excluding carboxylic acids is 12. The molecule has 0 aromatic heterocycles. The summed E-state index contributed by atoms with van der Waals surface area (Å²) in [6.07, 6.45) is -0.209. The Labute approximate surface area is 402 Å². The fraction of sp³-hybridized carbons (Fsp3) is 0.581. The molecular weight excluding hydrogens is 925 g/mol. The Morgan fingerprint density at radius 2 is 1.45 bits per heavy atom. The minimum Gasteiger partial charge on any atom is -0.508 e. The van der Waals surface area contributed by atoms with Gasteiger partial charge in [-0.15, -0.1) is 0 Å². The van der Waals surface area contributed by atoms with Crippen LogP contribution in [-0.2, 0) is 64.0 Å². The molecule has 2 fully saturated rings. The zero-order chi connectivity index (χ0) is 51.4. The average Bonchev–Trinajstić information content (AvgIpc) is 3.80. The van der Waals surface area contributed by atoms with Crippen molar-refractivity contribution in [1.82, 2.24) is 47.4 Å². The van der Waals surface area contributed by atoms with E-state index in [1.165, 1.54) is 36.0 Å². The van der Waals surface area contributed by atoms with Gasteiger partial charge in [-0.1, -0.05) is 32.4 Å². The van der Waals surface area contributed by atoms with Crippen molar-refractivity contribution < 1.29 is 62.6 Å². The van der Waals surface area contributed by atoms with Crippen LogP contribution in [0.1, 0.15) is 77.2 Å². The summed E-state index contributed by atoms with van der Waals surface area (Å²) < 4.78 is 0. The van der Waals surface area contributed by atoms with Gasteiger partial charge in [-0.05, 0) is 61.3 Å². The lowest BCUT2D eigenvalue weighted by atomic mass is 9.96. The number of nitrogens with zero attached hydrogens (tertiary/aromatic N) is 1. The summed E-state index contributed by atoms with van der Waals surface area (Å²) in [7, 11) is 0. The lowest BCUT2D eigenvalue weighted by Gasteiger charge is -2.31. The van der Waals surface area contributed by atoms with Gasteiger partial charge in [0.25, 0.3) is 0 Å². The van der Waals surface area contributed by atoms with Crippen LogP contribution in [0.25, 0.3) is 0 Å². The van der Waals surface area contributed by atoms with E-state index in [1.54, 1.807) is 20.1 Å². The van der Waals surface area contributed by atoms with Crippen molar-refractivity contribution in [1.29, 1.82) is 0 Å². The molecule has 8 atom stereocenters. The topological polar surface area (TPSA) is 403 Å². The maximum absolute atomic E-state index is 14.4. The lowest BCUT2D eigenvalue weighted by Crippen LogP contribution is -2.62. The zero-order valence-electron chi connectivity index (χ0n) is 38.8. The summed E-state index contributed by atoms with van der Waals surface area (Å²) in [6.45, 7) is 2.18. The van der Waals surface area contributed by atoms with Gasteiger partial charge in [0.05, 0.1) is 13.0 Å². The van der Waals surface area contributed by atoms with Gasteiger partial charge in [-0.2, -0.15) is 11.8 Å². The fourth-order valence-corrected chi connectivity index (χ4v) is 7.85. The Morgan fingerprint density at radius 1 is 0.812 bits per heavy atom. The van der Waals surface area contributed by atoms with E-state index in [4.69, 9.17) is 17.2 Å².